The molecule has 3 rings (SSSR count). The van der Waals surface area contributed by atoms with E-state index in [0.29, 0.717) is 25.3 Å². The monoisotopic (exact) mass is 380 g/mol. The van der Waals surface area contributed by atoms with Crippen LogP contribution in [0.2, 0.25) is 0 Å². The lowest BCUT2D eigenvalue weighted by Gasteiger charge is -2.21. The fourth-order valence-corrected chi connectivity index (χ4v) is 3.40. The van der Waals surface area contributed by atoms with E-state index in [-0.39, 0.29) is 23.9 Å². The molecule has 148 valence electrons. The summed E-state index contributed by atoms with van der Waals surface area (Å²) in [6, 6.07) is 7.99. The van der Waals surface area contributed by atoms with Crippen LogP contribution in [0.15, 0.2) is 37.0 Å². The summed E-state index contributed by atoms with van der Waals surface area (Å²) in [6.07, 6.45) is 4.13. The molecule has 0 bridgehead atoms. The average molecular weight is 380 g/mol. The van der Waals surface area contributed by atoms with Crippen LogP contribution in [-0.2, 0) is 17.8 Å². The van der Waals surface area contributed by atoms with Gasteiger partial charge in [0.15, 0.2) is 0 Å². The Morgan fingerprint density at radius 3 is 3.00 bits per heavy atom. The SMILES string of the molecule is C=Cc1cnc(N)c(C(=O)N[C@H]2CNC[C@@H]2OCc2ccc(C)c(CC)c2)c1. The number of pyridine rings is 1. The Morgan fingerprint density at radius 1 is 1.43 bits per heavy atom. The van der Waals surface area contributed by atoms with E-state index in [1.807, 2.05) is 0 Å². The lowest BCUT2D eigenvalue weighted by molar-refractivity contribution is 0.0357. The molecule has 2 heterocycles. The van der Waals surface area contributed by atoms with Crippen LogP contribution in [-0.4, -0.2) is 36.1 Å². The highest BCUT2D eigenvalue weighted by Gasteiger charge is 2.30. The highest BCUT2D eigenvalue weighted by molar-refractivity contribution is 5.99. The van der Waals surface area contributed by atoms with Crippen molar-refractivity contribution < 1.29 is 9.53 Å². The largest absolute Gasteiger partial charge is 0.383 e. The van der Waals surface area contributed by atoms with Crippen LogP contribution in [0.25, 0.3) is 6.08 Å². The number of rotatable bonds is 7. The number of nitrogens with two attached hydrogens (primary N) is 1. The summed E-state index contributed by atoms with van der Waals surface area (Å²) in [5.41, 5.74) is 10.8. The highest BCUT2D eigenvalue weighted by Crippen LogP contribution is 2.16. The maximum absolute atomic E-state index is 12.7. The second kappa shape index (κ2) is 8.99. The molecule has 1 aromatic heterocycles. The summed E-state index contributed by atoms with van der Waals surface area (Å²) in [6.45, 7) is 9.84. The van der Waals surface area contributed by atoms with E-state index in [1.54, 1.807) is 18.3 Å². The number of benzene rings is 1. The maximum Gasteiger partial charge on any atom is 0.255 e. The number of hydrogen-bond acceptors (Lipinski definition) is 5. The molecular weight excluding hydrogens is 352 g/mol. The summed E-state index contributed by atoms with van der Waals surface area (Å²) in [7, 11) is 0. The first-order chi connectivity index (χ1) is 13.5. The van der Waals surface area contributed by atoms with E-state index < -0.39 is 0 Å². The zero-order valence-corrected chi connectivity index (χ0v) is 16.5. The molecule has 0 aliphatic carbocycles. The number of carbonyl (C=O) groups excluding carboxylic acids is 1. The first-order valence-electron chi connectivity index (χ1n) is 9.61. The molecule has 1 aliphatic heterocycles. The van der Waals surface area contributed by atoms with Crippen LogP contribution < -0.4 is 16.4 Å². The van der Waals surface area contributed by atoms with Crippen molar-refractivity contribution in [2.24, 2.45) is 0 Å². The molecule has 1 aliphatic rings. The number of nitrogens with one attached hydrogen (secondary N) is 2. The van der Waals surface area contributed by atoms with Gasteiger partial charge in [0.2, 0.25) is 0 Å². The van der Waals surface area contributed by atoms with E-state index in [4.69, 9.17) is 10.5 Å². The van der Waals surface area contributed by atoms with Crippen LogP contribution in [0.5, 0.6) is 0 Å². The van der Waals surface area contributed by atoms with Crippen LogP contribution in [0.4, 0.5) is 5.82 Å². The molecular formula is C22H28N4O2. The Balaban J connectivity index is 1.63. The molecule has 6 heteroatoms. The molecule has 0 saturated carbocycles. The topological polar surface area (TPSA) is 89.3 Å². The number of aryl methyl sites for hydroxylation is 2. The average Bonchev–Trinajstić information content (AvgIpc) is 3.14. The van der Waals surface area contributed by atoms with Gasteiger partial charge in [-0.1, -0.05) is 37.8 Å². The number of carbonyl (C=O) groups is 1. The minimum atomic E-state index is -0.250. The maximum atomic E-state index is 12.7. The predicted molar refractivity (Wildman–Crippen MR) is 112 cm³/mol. The minimum absolute atomic E-state index is 0.105. The van der Waals surface area contributed by atoms with Crippen molar-refractivity contribution in [3.05, 3.63) is 64.9 Å². The zero-order chi connectivity index (χ0) is 20.1. The molecule has 0 spiro atoms. The smallest absolute Gasteiger partial charge is 0.255 e. The van der Waals surface area contributed by atoms with E-state index in [0.717, 1.165) is 17.5 Å². The van der Waals surface area contributed by atoms with Crippen LogP contribution in [0.3, 0.4) is 0 Å². The minimum Gasteiger partial charge on any atom is -0.383 e. The van der Waals surface area contributed by atoms with E-state index >= 15 is 0 Å². The summed E-state index contributed by atoms with van der Waals surface area (Å²) in [4.78, 5) is 16.7. The van der Waals surface area contributed by atoms with E-state index in [1.165, 1.54) is 11.1 Å². The van der Waals surface area contributed by atoms with Crippen LogP contribution in [0, 0.1) is 6.92 Å². The molecule has 0 radical (unpaired) electrons. The van der Waals surface area contributed by atoms with Gasteiger partial charge < -0.3 is 21.1 Å². The summed E-state index contributed by atoms with van der Waals surface area (Å²) in [5.74, 6) is -0.0436. The third kappa shape index (κ3) is 4.58. The molecule has 1 fully saturated rings. The fourth-order valence-electron chi connectivity index (χ4n) is 3.40. The van der Waals surface area contributed by atoms with E-state index in [2.05, 4.69) is 54.2 Å². The molecule has 1 aromatic carbocycles. The fraction of sp³-hybridized carbons (Fsp3) is 0.364. The molecule has 28 heavy (non-hydrogen) atoms. The number of nitrogen functional groups attached to an aromatic ring is 1. The number of nitrogens with zero attached hydrogens (tertiary/aromatic N) is 1. The first kappa shape index (κ1) is 20.0. The van der Waals surface area contributed by atoms with Crippen molar-refractivity contribution in [1.29, 1.82) is 0 Å². The van der Waals surface area contributed by atoms with Crippen molar-refractivity contribution in [2.45, 2.75) is 39.0 Å². The van der Waals surface area contributed by atoms with Crippen molar-refractivity contribution in [3.8, 4) is 0 Å². The van der Waals surface area contributed by atoms with Gasteiger partial charge in [0, 0.05) is 19.3 Å². The van der Waals surface area contributed by atoms with Crippen molar-refractivity contribution in [3.63, 3.8) is 0 Å². The third-order valence-corrected chi connectivity index (χ3v) is 5.15. The zero-order valence-electron chi connectivity index (χ0n) is 16.5. The number of amides is 1. The standard InChI is InChI=1S/C22H28N4O2/c1-4-15-9-18(21(23)25-10-15)22(27)26-19-11-24-12-20(19)28-13-16-7-6-14(3)17(5-2)8-16/h4,6-10,19-20,24H,1,5,11-13H2,2-3H3,(H2,23,25)(H,26,27)/t19-,20-/m0/s1. The lowest BCUT2D eigenvalue weighted by atomic mass is 10.0. The highest BCUT2D eigenvalue weighted by atomic mass is 16.5. The molecule has 6 nitrogen and oxygen atoms in total. The number of aromatic nitrogens is 1. The van der Waals surface area contributed by atoms with Gasteiger partial charge in [-0.05, 0) is 41.7 Å². The van der Waals surface area contributed by atoms with Gasteiger partial charge in [0.05, 0.1) is 24.3 Å². The lowest BCUT2D eigenvalue weighted by Crippen LogP contribution is -2.44. The van der Waals surface area contributed by atoms with Crippen molar-refractivity contribution in [1.82, 2.24) is 15.6 Å². The number of ether oxygens (including phenoxy) is 1. The molecule has 4 N–H and O–H groups in total. The third-order valence-electron chi connectivity index (χ3n) is 5.15. The normalized spacial score (nSPS) is 18.8. The summed E-state index contributed by atoms with van der Waals surface area (Å²) < 4.78 is 6.11. The predicted octanol–water partition coefficient (Wildman–Crippen LogP) is 2.46. The second-order valence-corrected chi connectivity index (χ2v) is 7.11. The summed E-state index contributed by atoms with van der Waals surface area (Å²) in [5, 5.41) is 6.31. The van der Waals surface area contributed by atoms with Gasteiger partial charge in [0.25, 0.3) is 5.91 Å². The quantitative estimate of drug-likeness (QED) is 0.687. The molecule has 0 unspecified atom stereocenters. The molecule has 1 saturated heterocycles. The van der Waals surface area contributed by atoms with Gasteiger partial charge in [-0.15, -0.1) is 0 Å². The number of anilines is 1. The van der Waals surface area contributed by atoms with Gasteiger partial charge in [-0.25, -0.2) is 4.98 Å². The Morgan fingerprint density at radius 2 is 2.25 bits per heavy atom. The van der Waals surface area contributed by atoms with Crippen molar-refractivity contribution >= 4 is 17.8 Å². The van der Waals surface area contributed by atoms with Crippen LogP contribution in [0.1, 0.15) is 39.5 Å². The van der Waals surface area contributed by atoms with E-state index in [9.17, 15) is 4.79 Å². The summed E-state index contributed by atoms with van der Waals surface area (Å²) >= 11 is 0. The first-order valence-corrected chi connectivity index (χ1v) is 9.61. The van der Waals surface area contributed by atoms with Crippen molar-refractivity contribution in [2.75, 3.05) is 18.8 Å². The molecule has 2 aromatic rings. The second-order valence-electron chi connectivity index (χ2n) is 7.11. The van der Waals surface area contributed by atoms with Gasteiger partial charge in [0.1, 0.15) is 5.82 Å². The van der Waals surface area contributed by atoms with Gasteiger partial charge in [-0.2, -0.15) is 0 Å². The molecule has 2 atom stereocenters. The Hall–Kier alpha value is -2.70. The van der Waals surface area contributed by atoms with Crippen LogP contribution >= 0.6 is 0 Å². The Kier molecular flexibility index (Phi) is 6.44. The Bertz CT molecular complexity index is 866. The number of hydrogen-bond donors (Lipinski definition) is 3. The van der Waals surface area contributed by atoms with Gasteiger partial charge in [-0.3, -0.25) is 4.79 Å². The Labute approximate surface area is 166 Å². The molecule has 1 amide bonds. The van der Waals surface area contributed by atoms with Gasteiger partial charge >= 0.3 is 0 Å².